The fraction of sp³-hybridized carbons (Fsp3) is 0.455. The van der Waals surface area contributed by atoms with Gasteiger partial charge >= 0.3 is 0 Å². The molecule has 0 radical (unpaired) electrons. The van der Waals surface area contributed by atoms with Gasteiger partial charge in [0.1, 0.15) is 5.69 Å². The molecule has 2 heterocycles. The van der Waals surface area contributed by atoms with Crippen molar-refractivity contribution in [2.45, 2.75) is 51.0 Å². The smallest absolute Gasteiger partial charge is 0.187 e. The van der Waals surface area contributed by atoms with Crippen LogP contribution in [0.4, 0.5) is 0 Å². The maximum absolute atomic E-state index is 12.7. The summed E-state index contributed by atoms with van der Waals surface area (Å²) in [6, 6.07) is 8.06. The minimum absolute atomic E-state index is 0.0308. The Bertz CT molecular complexity index is 868. The van der Waals surface area contributed by atoms with E-state index in [2.05, 4.69) is 34.0 Å². The number of benzene rings is 1. The van der Waals surface area contributed by atoms with E-state index in [0.717, 1.165) is 61.2 Å². The van der Waals surface area contributed by atoms with Crippen molar-refractivity contribution in [3.05, 3.63) is 59.2 Å². The Morgan fingerprint density at radius 1 is 1.21 bits per heavy atom. The van der Waals surface area contributed by atoms with Gasteiger partial charge in [-0.1, -0.05) is 42.4 Å². The summed E-state index contributed by atoms with van der Waals surface area (Å²) in [5.41, 5.74) is 14.5. The molecule has 1 atom stereocenters. The summed E-state index contributed by atoms with van der Waals surface area (Å²) in [7, 11) is 0. The van der Waals surface area contributed by atoms with Gasteiger partial charge in [-0.15, -0.1) is 0 Å². The van der Waals surface area contributed by atoms with E-state index in [1.807, 2.05) is 12.1 Å². The van der Waals surface area contributed by atoms with Gasteiger partial charge in [0.15, 0.2) is 11.0 Å². The Hall–Kier alpha value is -2.25. The molecule has 0 aliphatic carbocycles. The molecule has 1 aromatic carbocycles. The van der Waals surface area contributed by atoms with Gasteiger partial charge in [-0.2, -0.15) is 0 Å². The van der Waals surface area contributed by atoms with Gasteiger partial charge in [0.2, 0.25) is 0 Å². The number of aryl methyl sites for hydroxylation is 1. The summed E-state index contributed by atoms with van der Waals surface area (Å²) in [6.07, 6.45) is 8.54. The molecule has 1 aromatic heterocycles. The maximum Gasteiger partial charge on any atom is 0.187 e. The number of amidine groups is 1. The topological polar surface area (TPSA) is 107 Å². The summed E-state index contributed by atoms with van der Waals surface area (Å²) in [5.74, 6) is 0.917. The van der Waals surface area contributed by atoms with Gasteiger partial charge in [0.05, 0.1) is 17.4 Å². The van der Waals surface area contributed by atoms with Gasteiger partial charge in [-0.25, -0.2) is 4.98 Å². The summed E-state index contributed by atoms with van der Waals surface area (Å²) in [4.78, 5) is 26.1. The number of hydrogen-bond acceptors (Lipinski definition) is 7. The second kappa shape index (κ2) is 9.98. The zero-order valence-electron chi connectivity index (χ0n) is 16.9. The molecular weight excluding hydrogens is 382 g/mol. The Morgan fingerprint density at radius 3 is 2.79 bits per heavy atom. The first kappa shape index (κ1) is 21.5. The molecule has 154 valence electrons. The summed E-state index contributed by atoms with van der Waals surface area (Å²) in [6.45, 7) is 2.82. The molecule has 1 aliphatic heterocycles. The van der Waals surface area contributed by atoms with Crippen LogP contribution in [0.5, 0.6) is 0 Å². The van der Waals surface area contributed by atoms with Crippen LogP contribution in [-0.2, 0) is 18.4 Å². The van der Waals surface area contributed by atoms with Crippen LogP contribution in [0, 0.1) is 0 Å². The molecule has 29 heavy (non-hydrogen) atoms. The van der Waals surface area contributed by atoms with E-state index in [-0.39, 0.29) is 11.3 Å². The van der Waals surface area contributed by atoms with Gasteiger partial charge in [0.25, 0.3) is 0 Å². The first-order valence-corrected chi connectivity index (χ1v) is 11.1. The number of Topliss-reactive ketones (excluding diaryl/α,β-unsaturated/α-hetero) is 1. The van der Waals surface area contributed by atoms with Crippen molar-refractivity contribution < 1.29 is 4.79 Å². The number of nitrogens with zero attached hydrogens (tertiary/aromatic N) is 3. The van der Waals surface area contributed by atoms with Crippen LogP contribution in [0.3, 0.4) is 0 Å². The summed E-state index contributed by atoms with van der Waals surface area (Å²) < 4.78 is 0. The molecule has 0 amide bonds. The molecule has 7 heteroatoms. The van der Waals surface area contributed by atoms with Crippen molar-refractivity contribution in [3.8, 4) is 0 Å². The predicted octanol–water partition coefficient (Wildman–Crippen LogP) is 3.24. The highest BCUT2D eigenvalue weighted by molar-refractivity contribution is 8.13. The van der Waals surface area contributed by atoms with Crippen LogP contribution in [0.15, 0.2) is 41.7 Å². The van der Waals surface area contributed by atoms with Gasteiger partial charge in [-0.05, 0) is 50.3 Å². The molecule has 0 spiro atoms. The molecule has 0 fully saturated rings. The Morgan fingerprint density at radius 2 is 2.07 bits per heavy atom. The molecular formula is C22H29N5OS. The Balaban J connectivity index is 1.64. The molecule has 3 rings (SSSR count). The summed E-state index contributed by atoms with van der Waals surface area (Å²) >= 11 is 1.59. The van der Waals surface area contributed by atoms with E-state index >= 15 is 0 Å². The van der Waals surface area contributed by atoms with E-state index < -0.39 is 0 Å². The number of rotatable bonds is 9. The summed E-state index contributed by atoms with van der Waals surface area (Å²) in [5, 5.41) is 0.624. The third kappa shape index (κ3) is 5.87. The molecule has 1 aliphatic rings. The third-order valence-corrected chi connectivity index (χ3v) is 6.03. The fourth-order valence-corrected chi connectivity index (χ4v) is 4.42. The highest BCUT2D eigenvalue weighted by Gasteiger charge is 2.29. The number of aliphatic imine (C=N–C) groups is 1. The van der Waals surface area contributed by atoms with Crippen molar-refractivity contribution in [1.82, 2.24) is 9.97 Å². The number of carbonyl (C=O) groups is 1. The maximum atomic E-state index is 12.7. The molecule has 4 N–H and O–H groups in total. The van der Waals surface area contributed by atoms with E-state index in [1.165, 1.54) is 0 Å². The monoisotopic (exact) mass is 411 g/mol. The average molecular weight is 412 g/mol. The normalized spacial score (nSPS) is 19.0. The third-order valence-electron chi connectivity index (χ3n) is 5.24. The fourth-order valence-electron chi connectivity index (χ4n) is 3.44. The Labute approximate surface area is 176 Å². The largest absolute Gasteiger partial charge is 0.379 e. The second-order valence-corrected chi connectivity index (χ2v) is 8.73. The van der Waals surface area contributed by atoms with Crippen molar-refractivity contribution >= 4 is 22.7 Å². The SMILES string of the molecule is CC1(c2cccc(CC(=O)c3cnc(CCCCCN)cn3)c2)CCSC(N)=N1. The number of nitrogens with two attached hydrogens (primary N) is 2. The van der Waals surface area contributed by atoms with Gasteiger partial charge in [0, 0.05) is 18.4 Å². The number of hydrogen-bond donors (Lipinski definition) is 2. The molecule has 6 nitrogen and oxygen atoms in total. The minimum atomic E-state index is -0.334. The average Bonchev–Trinajstić information content (AvgIpc) is 2.72. The van der Waals surface area contributed by atoms with Crippen molar-refractivity contribution in [3.63, 3.8) is 0 Å². The standard InChI is InChI=1S/C22H29N5OS/c1-22(9-11-29-21(24)27-22)17-7-5-6-16(12-17)13-20(28)19-15-25-18(14-26-19)8-3-2-4-10-23/h5-7,12,14-15H,2-4,8-11,13,23H2,1H3,(H2,24,27). The number of carbonyl (C=O) groups excluding carboxylic acids is 1. The van der Waals surface area contributed by atoms with E-state index in [9.17, 15) is 4.79 Å². The first-order valence-electron chi connectivity index (χ1n) is 10.1. The molecule has 0 bridgehead atoms. The van der Waals surface area contributed by atoms with Crippen LogP contribution in [0.25, 0.3) is 0 Å². The minimum Gasteiger partial charge on any atom is -0.379 e. The van der Waals surface area contributed by atoms with Crippen LogP contribution < -0.4 is 11.5 Å². The van der Waals surface area contributed by atoms with Crippen molar-refractivity contribution in [1.29, 1.82) is 0 Å². The number of thioether (sulfide) groups is 1. The van der Waals surface area contributed by atoms with Gasteiger partial charge in [-0.3, -0.25) is 14.8 Å². The number of ketones is 1. The Kier molecular flexibility index (Phi) is 7.39. The predicted molar refractivity (Wildman–Crippen MR) is 119 cm³/mol. The zero-order valence-corrected chi connectivity index (χ0v) is 17.8. The lowest BCUT2D eigenvalue weighted by Gasteiger charge is -2.30. The first-order chi connectivity index (χ1) is 14.0. The molecule has 0 saturated heterocycles. The molecule has 0 saturated carbocycles. The van der Waals surface area contributed by atoms with E-state index in [4.69, 9.17) is 11.5 Å². The van der Waals surface area contributed by atoms with Gasteiger partial charge < -0.3 is 11.5 Å². The number of aromatic nitrogens is 2. The van der Waals surface area contributed by atoms with Crippen LogP contribution in [0.2, 0.25) is 0 Å². The van der Waals surface area contributed by atoms with Crippen LogP contribution in [-0.4, -0.2) is 33.2 Å². The second-order valence-electron chi connectivity index (χ2n) is 7.61. The van der Waals surface area contributed by atoms with E-state index in [1.54, 1.807) is 24.2 Å². The highest BCUT2D eigenvalue weighted by Crippen LogP contribution is 2.35. The van der Waals surface area contributed by atoms with Crippen LogP contribution in [0.1, 0.15) is 59.9 Å². The lowest BCUT2D eigenvalue weighted by molar-refractivity contribution is 0.0987. The molecule has 1 unspecified atom stereocenters. The van der Waals surface area contributed by atoms with Crippen LogP contribution >= 0.6 is 11.8 Å². The van der Waals surface area contributed by atoms with Crippen molar-refractivity contribution in [2.24, 2.45) is 16.5 Å². The van der Waals surface area contributed by atoms with E-state index in [0.29, 0.717) is 17.3 Å². The quantitative estimate of drug-likeness (QED) is 0.484. The lowest BCUT2D eigenvalue weighted by Crippen LogP contribution is -2.28. The number of unbranched alkanes of at least 4 members (excludes halogenated alkanes) is 2. The molecule has 2 aromatic rings. The lowest BCUT2D eigenvalue weighted by atomic mass is 9.88. The van der Waals surface area contributed by atoms with Crippen molar-refractivity contribution in [2.75, 3.05) is 12.3 Å². The zero-order chi connectivity index (χ0) is 20.7. The highest BCUT2D eigenvalue weighted by atomic mass is 32.2.